The maximum atomic E-state index is 12.3. The number of amides is 2. The van der Waals surface area contributed by atoms with E-state index in [2.05, 4.69) is 5.32 Å². The number of hydrogen-bond acceptors (Lipinski definition) is 2. The fourth-order valence-corrected chi connectivity index (χ4v) is 2.21. The summed E-state index contributed by atoms with van der Waals surface area (Å²) in [5.41, 5.74) is 1.94. The lowest BCUT2D eigenvalue weighted by Gasteiger charge is -2.25. The summed E-state index contributed by atoms with van der Waals surface area (Å²) in [5, 5.41) is 11.7. The lowest BCUT2D eigenvalue weighted by molar-refractivity contribution is -0.137. The minimum atomic E-state index is -0.896. The van der Waals surface area contributed by atoms with Gasteiger partial charge >= 0.3 is 12.0 Å². The van der Waals surface area contributed by atoms with Crippen molar-refractivity contribution in [3.63, 3.8) is 0 Å². The second-order valence-corrected chi connectivity index (χ2v) is 5.11. The number of nitrogens with zero attached hydrogens (tertiary/aromatic N) is 1. The van der Waals surface area contributed by atoms with Crippen LogP contribution in [0.1, 0.15) is 38.7 Å². The SMILES string of the molecule is CCCC(CC(=O)O)NC(=O)N(CC)c1ccc(C)cc1. The molecule has 5 nitrogen and oxygen atoms in total. The predicted octanol–water partition coefficient (Wildman–Crippen LogP) is 3.17. The highest BCUT2D eigenvalue weighted by Crippen LogP contribution is 2.15. The summed E-state index contributed by atoms with van der Waals surface area (Å²) in [6.45, 7) is 6.38. The molecule has 0 aliphatic rings. The Kier molecular flexibility index (Phi) is 6.72. The van der Waals surface area contributed by atoms with E-state index in [-0.39, 0.29) is 18.5 Å². The highest BCUT2D eigenvalue weighted by atomic mass is 16.4. The molecule has 0 saturated carbocycles. The second-order valence-electron chi connectivity index (χ2n) is 5.11. The van der Waals surface area contributed by atoms with Gasteiger partial charge in [-0.05, 0) is 32.4 Å². The number of hydrogen-bond donors (Lipinski definition) is 2. The summed E-state index contributed by atoms with van der Waals surface area (Å²) in [6, 6.07) is 7.10. The van der Waals surface area contributed by atoms with Crippen LogP contribution in [0.4, 0.5) is 10.5 Å². The Labute approximate surface area is 126 Å². The summed E-state index contributed by atoms with van der Waals surface area (Å²) < 4.78 is 0. The van der Waals surface area contributed by atoms with Gasteiger partial charge in [-0.1, -0.05) is 31.0 Å². The Balaban J connectivity index is 2.77. The van der Waals surface area contributed by atoms with Crippen LogP contribution in [0.3, 0.4) is 0 Å². The molecule has 0 saturated heterocycles. The second kappa shape index (κ2) is 8.29. The molecule has 1 unspecified atom stereocenters. The number of anilines is 1. The molecule has 0 aromatic heterocycles. The van der Waals surface area contributed by atoms with Crippen LogP contribution in [0, 0.1) is 6.92 Å². The summed E-state index contributed by atoms with van der Waals surface area (Å²) in [4.78, 5) is 24.8. The van der Waals surface area contributed by atoms with Crippen LogP contribution < -0.4 is 10.2 Å². The summed E-state index contributed by atoms with van der Waals surface area (Å²) in [6.07, 6.45) is 1.43. The van der Waals surface area contributed by atoms with Gasteiger partial charge in [-0.2, -0.15) is 0 Å². The molecule has 0 fully saturated rings. The highest BCUT2D eigenvalue weighted by molar-refractivity contribution is 5.92. The van der Waals surface area contributed by atoms with Gasteiger partial charge in [0.05, 0.1) is 6.42 Å². The molecule has 0 radical (unpaired) electrons. The third-order valence-corrected chi connectivity index (χ3v) is 3.29. The van der Waals surface area contributed by atoms with Crippen LogP contribution in [0.5, 0.6) is 0 Å². The van der Waals surface area contributed by atoms with Crippen LogP contribution in [-0.2, 0) is 4.79 Å². The smallest absolute Gasteiger partial charge is 0.322 e. The van der Waals surface area contributed by atoms with Crippen molar-refractivity contribution in [2.24, 2.45) is 0 Å². The van der Waals surface area contributed by atoms with Crippen molar-refractivity contribution in [3.8, 4) is 0 Å². The van der Waals surface area contributed by atoms with Gasteiger partial charge in [-0.3, -0.25) is 9.69 Å². The molecule has 1 aromatic rings. The summed E-state index contributed by atoms with van der Waals surface area (Å²) in [7, 11) is 0. The molecule has 2 N–H and O–H groups in total. The molecule has 1 atom stereocenters. The van der Waals surface area contributed by atoms with Crippen LogP contribution in [0.15, 0.2) is 24.3 Å². The van der Waals surface area contributed by atoms with Crippen LogP contribution in [0.2, 0.25) is 0 Å². The number of urea groups is 1. The molecular formula is C16H24N2O3. The van der Waals surface area contributed by atoms with Gasteiger partial charge in [0, 0.05) is 18.3 Å². The molecule has 21 heavy (non-hydrogen) atoms. The third-order valence-electron chi connectivity index (χ3n) is 3.29. The van der Waals surface area contributed by atoms with E-state index >= 15 is 0 Å². The number of carboxylic acid groups (broad SMARTS) is 1. The van der Waals surface area contributed by atoms with E-state index in [1.807, 2.05) is 45.0 Å². The molecule has 1 rings (SSSR count). The molecule has 0 spiro atoms. The fourth-order valence-electron chi connectivity index (χ4n) is 2.21. The van der Waals surface area contributed by atoms with Crippen molar-refractivity contribution >= 4 is 17.7 Å². The topological polar surface area (TPSA) is 69.6 Å². The van der Waals surface area contributed by atoms with Gasteiger partial charge < -0.3 is 10.4 Å². The normalized spacial score (nSPS) is 11.8. The Bertz CT molecular complexity index is 471. The molecule has 0 aliphatic carbocycles. The average molecular weight is 292 g/mol. The predicted molar refractivity (Wildman–Crippen MR) is 83.7 cm³/mol. The van der Waals surface area contributed by atoms with Crippen molar-refractivity contribution in [2.75, 3.05) is 11.4 Å². The lowest BCUT2D eigenvalue weighted by Crippen LogP contribution is -2.45. The Morgan fingerprint density at radius 2 is 1.86 bits per heavy atom. The minimum absolute atomic E-state index is 0.0506. The van der Waals surface area contributed by atoms with E-state index < -0.39 is 5.97 Å². The van der Waals surface area contributed by atoms with Crippen molar-refractivity contribution in [1.29, 1.82) is 0 Å². The Morgan fingerprint density at radius 3 is 2.33 bits per heavy atom. The minimum Gasteiger partial charge on any atom is -0.481 e. The number of rotatable bonds is 7. The first kappa shape index (κ1) is 17.0. The van der Waals surface area contributed by atoms with Crippen LogP contribution >= 0.6 is 0 Å². The van der Waals surface area contributed by atoms with E-state index in [0.717, 1.165) is 17.7 Å². The molecule has 0 bridgehead atoms. The van der Waals surface area contributed by atoms with Crippen LogP contribution in [-0.4, -0.2) is 29.7 Å². The van der Waals surface area contributed by atoms with Gasteiger partial charge in [-0.15, -0.1) is 0 Å². The molecule has 5 heteroatoms. The molecular weight excluding hydrogens is 268 g/mol. The fraction of sp³-hybridized carbons (Fsp3) is 0.500. The first-order valence-electron chi connectivity index (χ1n) is 7.34. The largest absolute Gasteiger partial charge is 0.481 e. The zero-order valence-electron chi connectivity index (χ0n) is 12.9. The zero-order chi connectivity index (χ0) is 15.8. The number of carbonyl (C=O) groups is 2. The standard InChI is InChI=1S/C16H24N2O3/c1-4-6-13(11-15(19)20)17-16(21)18(5-2)14-9-7-12(3)8-10-14/h7-10,13H,4-6,11H2,1-3H3,(H,17,21)(H,19,20). The van der Waals surface area contributed by atoms with E-state index in [0.29, 0.717) is 13.0 Å². The highest BCUT2D eigenvalue weighted by Gasteiger charge is 2.19. The van der Waals surface area contributed by atoms with Gasteiger partial charge in [0.1, 0.15) is 0 Å². The number of aliphatic carboxylic acids is 1. The van der Waals surface area contributed by atoms with Gasteiger partial charge in [0.15, 0.2) is 0 Å². The number of benzene rings is 1. The maximum absolute atomic E-state index is 12.3. The van der Waals surface area contributed by atoms with Crippen LogP contribution in [0.25, 0.3) is 0 Å². The first-order valence-corrected chi connectivity index (χ1v) is 7.34. The number of carbonyl (C=O) groups excluding carboxylic acids is 1. The Morgan fingerprint density at radius 1 is 1.24 bits per heavy atom. The van der Waals surface area contributed by atoms with Gasteiger partial charge in [0.25, 0.3) is 0 Å². The first-order chi connectivity index (χ1) is 9.97. The van der Waals surface area contributed by atoms with Crippen molar-refractivity contribution in [3.05, 3.63) is 29.8 Å². The molecule has 2 amide bonds. The van der Waals surface area contributed by atoms with Gasteiger partial charge in [0.2, 0.25) is 0 Å². The van der Waals surface area contributed by atoms with E-state index in [1.165, 1.54) is 0 Å². The molecule has 0 heterocycles. The van der Waals surface area contributed by atoms with Crippen molar-refractivity contribution in [2.45, 2.75) is 46.1 Å². The average Bonchev–Trinajstić information content (AvgIpc) is 2.41. The third kappa shape index (κ3) is 5.45. The quantitative estimate of drug-likeness (QED) is 0.811. The summed E-state index contributed by atoms with van der Waals surface area (Å²) in [5.74, 6) is -0.896. The molecule has 0 aliphatic heterocycles. The molecule has 116 valence electrons. The van der Waals surface area contributed by atoms with E-state index in [1.54, 1.807) is 4.90 Å². The monoisotopic (exact) mass is 292 g/mol. The van der Waals surface area contributed by atoms with Crippen molar-refractivity contribution < 1.29 is 14.7 Å². The number of nitrogens with one attached hydrogen (secondary N) is 1. The molecule has 1 aromatic carbocycles. The van der Waals surface area contributed by atoms with Crippen molar-refractivity contribution in [1.82, 2.24) is 5.32 Å². The lowest BCUT2D eigenvalue weighted by atomic mass is 10.1. The Hall–Kier alpha value is -2.04. The van der Waals surface area contributed by atoms with Gasteiger partial charge in [-0.25, -0.2) is 4.79 Å². The summed E-state index contributed by atoms with van der Waals surface area (Å²) >= 11 is 0. The van der Waals surface area contributed by atoms with E-state index in [9.17, 15) is 9.59 Å². The zero-order valence-corrected chi connectivity index (χ0v) is 12.9. The maximum Gasteiger partial charge on any atom is 0.322 e. The number of carboxylic acids is 1. The van der Waals surface area contributed by atoms with E-state index in [4.69, 9.17) is 5.11 Å². The number of aryl methyl sites for hydroxylation is 1.